The first-order chi connectivity index (χ1) is 7.91. The summed E-state index contributed by atoms with van der Waals surface area (Å²) in [5.74, 6) is 0.444. The van der Waals surface area contributed by atoms with Crippen molar-refractivity contribution in [3.63, 3.8) is 0 Å². The fraction of sp³-hybridized carbons (Fsp3) is 0.667. The van der Waals surface area contributed by atoms with Crippen LogP contribution in [0.15, 0.2) is 5.51 Å². The summed E-state index contributed by atoms with van der Waals surface area (Å²) in [4.78, 5) is 19.0. The molecular weight excluding hydrogens is 234 g/mol. The Labute approximate surface area is 107 Å². The van der Waals surface area contributed by atoms with Gasteiger partial charge in [0.25, 0.3) is 0 Å². The maximum absolute atomic E-state index is 12.0. The molecule has 1 atom stereocenters. The maximum Gasteiger partial charge on any atom is 0.239 e. The molecule has 0 spiro atoms. The van der Waals surface area contributed by atoms with Crippen molar-refractivity contribution in [3.05, 3.63) is 16.1 Å². The van der Waals surface area contributed by atoms with E-state index < -0.39 is 6.04 Å². The van der Waals surface area contributed by atoms with Gasteiger partial charge in [-0.15, -0.1) is 11.3 Å². The second-order valence-corrected chi connectivity index (χ2v) is 5.73. The maximum atomic E-state index is 12.0. The van der Waals surface area contributed by atoms with Gasteiger partial charge >= 0.3 is 0 Å². The van der Waals surface area contributed by atoms with Gasteiger partial charge in [0.15, 0.2) is 0 Å². The van der Waals surface area contributed by atoms with Crippen LogP contribution in [0.4, 0.5) is 0 Å². The number of rotatable bonds is 5. The minimum absolute atomic E-state index is 0.00602. The number of hydrogen-bond donors (Lipinski definition) is 1. The third-order valence-electron chi connectivity index (χ3n) is 2.64. The second-order valence-electron chi connectivity index (χ2n) is 4.79. The van der Waals surface area contributed by atoms with Crippen LogP contribution >= 0.6 is 11.3 Å². The molecule has 0 aliphatic heterocycles. The van der Waals surface area contributed by atoms with Gasteiger partial charge < -0.3 is 10.6 Å². The van der Waals surface area contributed by atoms with Gasteiger partial charge in [-0.1, -0.05) is 13.8 Å². The molecule has 0 aliphatic rings. The molecule has 0 unspecified atom stereocenters. The molecule has 17 heavy (non-hydrogen) atoms. The van der Waals surface area contributed by atoms with Crippen LogP contribution in [-0.2, 0) is 11.3 Å². The van der Waals surface area contributed by atoms with Crippen molar-refractivity contribution in [3.8, 4) is 0 Å². The Balaban J connectivity index is 2.55. The predicted molar refractivity (Wildman–Crippen MR) is 70.8 cm³/mol. The van der Waals surface area contributed by atoms with Crippen LogP contribution in [0.2, 0.25) is 0 Å². The van der Waals surface area contributed by atoms with E-state index in [1.165, 1.54) is 0 Å². The molecule has 4 nitrogen and oxygen atoms in total. The van der Waals surface area contributed by atoms with Crippen LogP contribution in [0.1, 0.15) is 30.8 Å². The van der Waals surface area contributed by atoms with Gasteiger partial charge in [-0.05, 0) is 19.3 Å². The van der Waals surface area contributed by atoms with E-state index in [-0.39, 0.29) is 5.91 Å². The summed E-state index contributed by atoms with van der Waals surface area (Å²) in [6, 6.07) is -0.395. The summed E-state index contributed by atoms with van der Waals surface area (Å²) >= 11 is 1.58. The van der Waals surface area contributed by atoms with Crippen LogP contribution in [0.3, 0.4) is 0 Å². The minimum atomic E-state index is -0.395. The lowest BCUT2D eigenvalue weighted by Crippen LogP contribution is -2.42. The lowest BCUT2D eigenvalue weighted by molar-refractivity contribution is -0.132. The number of nitrogens with two attached hydrogens (primary N) is 1. The Bertz CT molecular complexity index is 376. The van der Waals surface area contributed by atoms with Gasteiger partial charge in [0.1, 0.15) is 0 Å². The molecular formula is C12H21N3OS. The molecule has 1 heterocycles. The summed E-state index contributed by atoms with van der Waals surface area (Å²) in [5.41, 5.74) is 8.68. The predicted octanol–water partition coefficient (Wildman–Crippen LogP) is 1.78. The van der Waals surface area contributed by atoms with Crippen molar-refractivity contribution in [2.45, 2.75) is 39.8 Å². The van der Waals surface area contributed by atoms with Crippen LogP contribution in [0, 0.1) is 12.8 Å². The fourth-order valence-corrected chi connectivity index (χ4v) is 2.49. The van der Waals surface area contributed by atoms with Crippen LogP contribution in [-0.4, -0.2) is 28.9 Å². The number of carbonyl (C=O) groups is 1. The largest absolute Gasteiger partial charge is 0.339 e. The van der Waals surface area contributed by atoms with Crippen molar-refractivity contribution in [1.29, 1.82) is 0 Å². The Morgan fingerprint density at radius 2 is 2.24 bits per heavy atom. The first-order valence-corrected chi connectivity index (χ1v) is 6.69. The van der Waals surface area contributed by atoms with Crippen LogP contribution in [0.25, 0.3) is 0 Å². The van der Waals surface area contributed by atoms with E-state index in [1.807, 2.05) is 6.92 Å². The van der Waals surface area contributed by atoms with E-state index in [0.29, 0.717) is 12.5 Å². The third-order valence-corrected chi connectivity index (χ3v) is 3.56. The third kappa shape index (κ3) is 4.09. The van der Waals surface area contributed by atoms with E-state index in [0.717, 1.165) is 17.0 Å². The summed E-state index contributed by atoms with van der Waals surface area (Å²) in [7, 11) is 1.79. The zero-order valence-electron chi connectivity index (χ0n) is 10.9. The first kappa shape index (κ1) is 14.1. The SMILES string of the molecule is Cc1ncsc1CN(C)C(=O)[C@H](N)CC(C)C. The van der Waals surface area contributed by atoms with E-state index in [1.54, 1.807) is 28.8 Å². The number of thiazole rings is 1. The Kier molecular flexibility index (Phi) is 5.08. The standard InChI is InChI=1S/C12H21N3OS/c1-8(2)5-10(13)12(16)15(4)6-11-9(3)14-7-17-11/h7-8,10H,5-6,13H2,1-4H3/t10-/m1/s1. The summed E-state index contributed by atoms with van der Waals surface area (Å²) in [5, 5.41) is 0. The highest BCUT2D eigenvalue weighted by molar-refractivity contribution is 7.09. The van der Waals surface area contributed by atoms with E-state index in [4.69, 9.17) is 5.73 Å². The highest BCUT2D eigenvalue weighted by Gasteiger charge is 2.19. The Morgan fingerprint density at radius 1 is 1.59 bits per heavy atom. The monoisotopic (exact) mass is 255 g/mol. The van der Waals surface area contributed by atoms with Gasteiger partial charge in [-0.3, -0.25) is 4.79 Å². The van der Waals surface area contributed by atoms with Gasteiger partial charge in [0, 0.05) is 11.9 Å². The lowest BCUT2D eigenvalue weighted by Gasteiger charge is -2.22. The average Bonchev–Trinajstić information content (AvgIpc) is 2.62. The molecule has 2 N–H and O–H groups in total. The zero-order chi connectivity index (χ0) is 13.0. The van der Waals surface area contributed by atoms with Crippen LogP contribution in [0.5, 0.6) is 0 Å². The molecule has 1 aromatic heterocycles. The molecule has 1 amide bonds. The quantitative estimate of drug-likeness (QED) is 0.872. The number of amides is 1. The summed E-state index contributed by atoms with van der Waals surface area (Å²) in [6.45, 7) is 6.69. The number of nitrogens with zero attached hydrogens (tertiary/aromatic N) is 2. The highest BCUT2D eigenvalue weighted by atomic mass is 32.1. The molecule has 0 fully saturated rings. The number of likely N-dealkylation sites (N-methyl/N-ethyl adjacent to an activating group) is 1. The Morgan fingerprint density at radius 3 is 2.71 bits per heavy atom. The summed E-state index contributed by atoms with van der Waals surface area (Å²) < 4.78 is 0. The fourth-order valence-electron chi connectivity index (χ4n) is 1.66. The number of aryl methyl sites for hydroxylation is 1. The number of carbonyl (C=O) groups excluding carboxylic acids is 1. The highest BCUT2D eigenvalue weighted by Crippen LogP contribution is 2.15. The Hall–Kier alpha value is -0.940. The molecule has 0 bridgehead atoms. The van der Waals surface area contributed by atoms with E-state index in [2.05, 4.69) is 18.8 Å². The second kappa shape index (κ2) is 6.12. The lowest BCUT2D eigenvalue weighted by atomic mass is 10.0. The van der Waals surface area contributed by atoms with Crippen molar-refractivity contribution in [1.82, 2.24) is 9.88 Å². The molecule has 0 saturated heterocycles. The van der Waals surface area contributed by atoms with Crippen molar-refractivity contribution in [2.24, 2.45) is 11.7 Å². The summed E-state index contributed by atoms with van der Waals surface area (Å²) in [6.07, 6.45) is 0.727. The zero-order valence-corrected chi connectivity index (χ0v) is 11.8. The van der Waals surface area contributed by atoms with Crippen molar-refractivity contribution < 1.29 is 4.79 Å². The normalized spacial score (nSPS) is 12.8. The van der Waals surface area contributed by atoms with Crippen molar-refractivity contribution >= 4 is 17.2 Å². The minimum Gasteiger partial charge on any atom is -0.339 e. The molecule has 0 radical (unpaired) electrons. The molecule has 0 aliphatic carbocycles. The van der Waals surface area contributed by atoms with Gasteiger partial charge in [0.05, 0.1) is 23.8 Å². The molecule has 0 saturated carbocycles. The van der Waals surface area contributed by atoms with Gasteiger partial charge in [0.2, 0.25) is 5.91 Å². The van der Waals surface area contributed by atoms with Gasteiger partial charge in [-0.2, -0.15) is 0 Å². The molecule has 5 heteroatoms. The molecule has 96 valence electrons. The van der Waals surface area contributed by atoms with Gasteiger partial charge in [-0.25, -0.2) is 4.98 Å². The van der Waals surface area contributed by atoms with E-state index >= 15 is 0 Å². The van der Waals surface area contributed by atoms with Crippen LogP contribution < -0.4 is 5.73 Å². The number of aromatic nitrogens is 1. The van der Waals surface area contributed by atoms with Crippen molar-refractivity contribution in [2.75, 3.05) is 7.05 Å². The number of hydrogen-bond acceptors (Lipinski definition) is 4. The first-order valence-electron chi connectivity index (χ1n) is 5.81. The molecule has 1 rings (SSSR count). The average molecular weight is 255 g/mol. The molecule has 1 aromatic rings. The smallest absolute Gasteiger partial charge is 0.239 e. The van der Waals surface area contributed by atoms with E-state index in [9.17, 15) is 4.79 Å². The molecule has 0 aromatic carbocycles. The topological polar surface area (TPSA) is 59.2 Å².